The van der Waals surface area contributed by atoms with E-state index in [2.05, 4.69) is 5.32 Å². The number of nitrogens with zero attached hydrogens (tertiary/aromatic N) is 3. The number of nitrogens with one attached hydrogen (secondary N) is 1. The predicted molar refractivity (Wildman–Crippen MR) is 108 cm³/mol. The summed E-state index contributed by atoms with van der Waals surface area (Å²) >= 11 is 0. The summed E-state index contributed by atoms with van der Waals surface area (Å²) in [5.74, 6) is -0.329. The Balaban J connectivity index is 1.96. The summed E-state index contributed by atoms with van der Waals surface area (Å²) in [4.78, 5) is 27.9. The highest BCUT2D eigenvalue weighted by Gasteiger charge is 2.27. The normalized spacial score (nSPS) is 15.0. The van der Waals surface area contributed by atoms with Crippen LogP contribution in [0.1, 0.15) is 26.7 Å². The number of carbonyl (C=O) groups excluding carboxylic acids is 2. The first-order valence-corrected chi connectivity index (χ1v) is 11.1. The maximum atomic E-state index is 12.7. The Bertz CT molecular complexity index is 787. The van der Waals surface area contributed by atoms with Gasteiger partial charge in [0.05, 0.1) is 18.0 Å². The molecule has 1 saturated heterocycles. The largest absolute Gasteiger partial charge is 0.342 e. The smallest absolute Gasteiger partial charge is 0.243 e. The molecule has 0 spiro atoms. The van der Waals surface area contributed by atoms with E-state index in [1.165, 1.54) is 16.4 Å². The van der Waals surface area contributed by atoms with Gasteiger partial charge in [0, 0.05) is 31.9 Å². The first-order chi connectivity index (χ1) is 13.3. The van der Waals surface area contributed by atoms with Crippen molar-refractivity contribution in [3.8, 4) is 0 Å². The van der Waals surface area contributed by atoms with Gasteiger partial charge in [-0.3, -0.25) is 14.5 Å². The Labute approximate surface area is 167 Å². The van der Waals surface area contributed by atoms with Gasteiger partial charge in [0.2, 0.25) is 21.8 Å². The molecule has 1 aromatic rings. The van der Waals surface area contributed by atoms with E-state index >= 15 is 0 Å². The minimum absolute atomic E-state index is 0.0287. The molecule has 1 heterocycles. The van der Waals surface area contributed by atoms with Crippen molar-refractivity contribution in [3.05, 3.63) is 24.3 Å². The zero-order valence-electron chi connectivity index (χ0n) is 16.8. The van der Waals surface area contributed by atoms with Crippen molar-refractivity contribution in [1.29, 1.82) is 0 Å². The summed E-state index contributed by atoms with van der Waals surface area (Å²) in [7, 11) is -1.83. The summed E-state index contributed by atoms with van der Waals surface area (Å²) in [5.41, 5.74) is 0.425. The highest BCUT2D eigenvalue weighted by molar-refractivity contribution is 7.89. The maximum Gasteiger partial charge on any atom is 0.243 e. The van der Waals surface area contributed by atoms with Crippen molar-refractivity contribution < 1.29 is 18.0 Å². The van der Waals surface area contributed by atoms with E-state index in [1.54, 1.807) is 29.0 Å². The van der Waals surface area contributed by atoms with Crippen LogP contribution in [0, 0.1) is 0 Å². The first-order valence-electron chi connectivity index (χ1n) is 9.64. The monoisotopic (exact) mass is 410 g/mol. The van der Waals surface area contributed by atoms with Crippen molar-refractivity contribution in [3.63, 3.8) is 0 Å². The molecule has 0 aliphatic carbocycles. The SMILES string of the molecule is CCN(CC)C(=O)CN(C)CC(=O)Nc1cccc(S(=O)(=O)N2CCCC2)c1. The van der Waals surface area contributed by atoms with E-state index in [-0.39, 0.29) is 29.8 Å². The molecule has 1 fully saturated rings. The van der Waals surface area contributed by atoms with Crippen LogP contribution in [0.5, 0.6) is 0 Å². The molecule has 156 valence electrons. The maximum absolute atomic E-state index is 12.7. The number of rotatable bonds is 9. The molecule has 9 heteroatoms. The van der Waals surface area contributed by atoms with Gasteiger partial charge in [-0.2, -0.15) is 4.31 Å². The molecule has 0 unspecified atom stereocenters. The average molecular weight is 411 g/mol. The van der Waals surface area contributed by atoms with Crippen LogP contribution in [0.15, 0.2) is 29.2 Å². The van der Waals surface area contributed by atoms with Gasteiger partial charge in [0.25, 0.3) is 0 Å². The minimum atomic E-state index is -3.53. The number of carbonyl (C=O) groups is 2. The van der Waals surface area contributed by atoms with Crippen molar-refractivity contribution >= 4 is 27.5 Å². The van der Waals surface area contributed by atoms with Gasteiger partial charge in [-0.05, 0) is 51.9 Å². The lowest BCUT2D eigenvalue weighted by atomic mass is 10.3. The van der Waals surface area contributed by atoms with Crippen LogP contribution in [0.4, 0.5) is 5.69 Å². The Hall–Kier alpha value is -1.97. The lowest BCUT2D eigenvalue weighted by Crippen LogP contribution is -2.41. The van der Waals surface area contributed by atoms with Crippen LogP contribution in [0.3, 0.4) is 0 Å². The Morgan fingerprint density at radius 3 is 2.36 bits per heavy atom. The quantitative estimate of drug-likeness (QED) is 0.661. The van der Waals surface area contributed by atoms with Gasteiger partial charge in [0.1, 0.15) is 0 Å². The van der Waals surface area contributed by atoms with E-state index < -0.39 is 10.0 Å². The fourth-order valence-corrected chi connectivity index (χ4v) is 4.78. The van der Waals surface area contributed by atoms with E-state index in [4.69, 9.17) is 0 Å². The van der Waals surface area contributed by atoms with Crippen LogP contribution in [0.2, 0.25) is 0 Å². The standard InChI is InChI=1S/C19H30N4O4S/c1-4-22(5-2)19(25)15-21(3)14-18(24)20-16-9-8-10-17(13-16)28(26,27)23-11-6-7-12-23/h8-10,13H,4-7,11-12,14-15H2,1-3H3,(H,20,24). The zero-order valence-corrected chi connectivity index (χ0v) is 17.7. The zero-order chi connectivity index (χ0) is 20.7. The third kappa shape index (κ3) is 5.76. The lowest BCUT2D eigenvalue weighted by Gasteiger charge is -2.22. The van der Waals surface area contributed by atoms with Gasteiger partial charge in [-0.25, -0.2) is 8.42 Å². The second kappa shape index (κ2) is 9.99. The minimum Gasteiger partial charge on any atom is -0.342 e. The second-order valence-corrected chi connectivity index (χ2v) is 8.86. The van der Waals surface area contributed by atoms with Crippen LogP contribution in [-0.2, 0) is 19.6 Å². The van der Waals surface area contributed by atoms with Crippen LogP contribution < -0.4 is 5.32 Å². The summed E-state index contributed by atoms with van der Waals surface area (Å²) in [6.07, 6.45) is 1.74. The highest BCUT2D eigenvalue weighted by Crippen LogP contribution is 2.23. The topological polar surface area (TPSA) is 90.0 Å². The van der Waals surface area contributed by atoms with Crippen molar-refractivity contribution in [2.24, 2.45) is 0 Å². The lowest BCUT2D eigenvalue weighted by molar-refractivity contribution is -0.132. The van der Waals surface area contributed by atoms with Crippen molar-refractivity contribution in [1.82, 2.24) is 14.1 Å². The molecule has 0 radical (unpaired) electrons. The number of benzene rings is 1. The molecular formula is C19H30N4O4S. The first kappa shape index (κ1) is 22.3. The molecule has 0 aromatic heterocycles. The molecule has 2 amide bonds. The molecule has 2 rings (SSSR count). The fourth-order valence-electron chi connectivity index (χ4n) is 3.22. The number of hydrogen-bond acceptors (Lipinski definition) is 5. The van der Waals surface area contributed by atoms with Crippen LogP contribution in [0.25, 0.3) is 0 Å². The van der Waals surface area contributed by atoms with Gasteiger partial charge in [-0.15, -0.1) is 0 Å². The van der Waals surface area contributed by atoms with Crippen molar-refractivity contribution in [2.75, 3.05) is 51.6 Å². The van der Waals surface area contributed by atoms with Gasteiger partial charge < -0.3 is 10.2 Å². The number of anilines is 1. The summed E-state index contributed by atoms with van der Waals surface area (Å²) in [5, 5.41) is 2.72. The summed E-state index contributed by atoms with van der Waals surface area (Å²) < 4.78 is 26.8. The molecule has 1 aliphatic rings. The number of hydrogen-bond donors (Lipinski definition) is 1. The molecule has 1 aliphatic heterocycles. The van der Waals surface area contributed by atoms with Crippen LogP contribution in [-0.4, -0.2) is 80.7 Å². The molecule has 0 bridgehead atoms. The average Bonchev–Trinajstić information content (AvgIpc) is 3.18. The van der Waals surface area contributed by atoms with Crippen LogP contribution >= 0.6 is 0 Å². The Morgan fingerprint density at radius 2 is 1.75 bits per heavy atom. The van der Waals surface area contributed by atoms with E-state index in [1.807, 2.05) is 13.8 Å². The molecule has 8 nitrogen and oxygen atoms in total. The third-order valence-corrected chi connectivity index (χ3v) is 6.65. The summed E-state index contributed by atoms with van der Waals surface area (Å²) in [6.45, 7) is 6.35. The number of sulfonamides is 1. The molecule has 0 saturated carbocycles. The van der Waals surface area contributed by atoms with Gasteiger partial charge >= 0.3 is 0 Å². The van der Waals surface area contributed by atoms with Gasteiger partial charge in [0.15, 0.2) is 0 Å². The number of likely N-dealkylation sites (N-methyl/N-ethyl adjacent to an activating group) is 2. The van der Waals surface area contributed by atoms with E-state index in [0.29, 0.717) is 31.9 Å². The Morgan fingerprint density at radius 1 is 1.11 bits per heavy atom. The second-order valence-electron chi connectivity index (χ2n) is 6.93. The van der Waals surface area contributed by atoms with Gasteiger partial charge in [-0.1, -0.05) is 6.07 Å². The third-order valence-electron chi connectivity index (χ3n) is 4.76. The van der Waals surface area contributed by atoms with E-state index in [9.17, 15) is 18.0 Å². The molecule has 1 aromatic carbocycles. The Kier molecular flexibility index (Phi) is 7.97. The summed E-state index contributed by atoms with van der Waals surface area (Å²) in [6, 6.07) is 6.29. The molecule has 28 heavy (non-hydrogen) atoms. The highest BCUT2D eigenvalue weighted by atomic mass is 32.2. The molecule has 0 atom stereocenters. The van der Waals surface area contributed by atoms with E-state index in [0.717, 1.165) is 12.8 Å². The molecular weight excluding hydrogens is 380 g/mol. The molecule has 1 N–H and O–H groups in total. The van der Waals surface area contributed by atoms with Crippen molar-refractivity contribution in [2.45, 2.75) is 31.6 Å². The predicted octanol–water partition coefficient (Wildman–Crippen LogP) is 1.21. The fraction of sp³-hybridized carbons (Fsp3) is 0.579. The number of amides is 2.